The second-order valence-electron chi connectivity index (χ2n) is 3.65. The molecule has 1 aromatic heterocycles. The second-order valence-corrected chi connectivity index (χ2v) is 4.56. The molecule has 1 aromatic rings. The van der Waals surface area contributed by atoms with Gasteiger partial charge < -0.3 is 11.1 Å². The Bertz CT molecular complexity index is 253. The number of nitrogens with one attached hydrogen (secondary N) is 1. The molecule has 0 aliphatic heterocycles. The first-order valence-corrected chi connectivity index (χ1v) is 4.95. The summed E-state index contributed by atoms with van der Waals surface area (Å²) in [6, 6.07) is 2.11. The van der Waals surface area contributed by atoms with Crippen LogP contribution in [0.3, 0.4) is 0 Å². The van der Waals surface area contributed by atoms with Gasteiger partial charge in [-0.25, -0.2) is 0 Å². The van der Waals surface area contributed by atoms with Crippen molar-refractivity contribution >= 4 is 16.3 Å². The molecule has 0 spiro atoms. The minimum atomic E-state index is -0.00435. The van der Waals surface area contributed by atoms with E-state index in [0.29, 0.717) is 6.54 Å². The van der Waals surface area contributed by atoms with Crippen molar-refractivity contribution in [2.24, 2.45) is 5.73 Å². The summed E-state index contributed by atoms with van der Waals surface area (Å²) in [7, 11) is 0. The van der Waals surface area contributed by atoms with Crippen LogP contribution in [-0.4, -0.2) is 12.1 Å². The fourth-order valence-electron chi connectivity index (χ4n) is 0.859. The maximum Gasteiger partial charge on any atom is 0.0916 e. The average molecular weight is 184 g/mol. The van der Waals surface area contributed by atoms with Crippen molar-refractivity contribution in [1.29, 1.82) is 0 Å². The van der Waals surface area contributed by atoms with Crippen LogP contribution in [0.1, 0.15) is 19.4 Å². The zero-order chi connectivity index (χ0) is 9.19. The van der Waals surface area contributed by atoms with Crippen LogP contribution in [0, 0.1) is 6.92 Å². The molecule has 0 unspecified atom stereocenters. The number of thiophene rings is 1. The average Bonchev–Trinajstić information content (AvgIpc) is 2.36. The van der Waals surface area contributed by atoms with Crippen LogP contribution < -0.4 is 11.1 Å². The Kier molecular flexibility index (Phi) is 2.75. The van der Waals surface area contributed by atoms with Gasteiger partial charge in [-0.3, -0.25) is 0 Å². The Morgan fingerprint density at radius 1 is 1.58 bits per heavy atom. The molecular weight excluding hydrogens is 168 g/mol. The fourth-order valence-corrected chi connectivity index (χ4v) is 1.86. The molecule has 0 aliphatic carbocycles. The molecule has 1 heterocycles. The number of rotatable bonds is 3. The summed E-state index contributed by atoms with van der Waals surface area (Å²) in [5.74, 6) is 0. The lowest BCUT2D eigenvalue weighted by molar-refractivity contribution is 0.581. The monoisotopic (exact) mass is 184 g/mol. The minimum Gasteiger partial charge on any atom is -0.371 e. The molecule has 12 heavy (non-hydrogen) atoms. The number of anilines is 1. The van der Waals surface area contributed by atoms with Gasteiger partial charge in [-0.15, -0.1) is 11.3 Å². The molecule has 0 saturated heterocycles. The third-order valence-corrected chi connectivity index (χ3v) is 2.76. The van der Waals surface area contributed by atoms with Gasteiger partial charge in [-0.2, -0.15) is 0 Å². The fraction of sp³-hybridized carbons (Fsp3) is 0.556. The van der Waals surface area contributed by atoms with E-state index in [1.165, 1.54) is 10.6 Å². The van der Waals surface area contributed by atoms with Crippen LogP contribution in [0.4, 0.5) is 5.00 Å². The van der Waals surface area contributed by atoms with Crippen molar-refractivity contribution in [3.63, 3.8) is 0 Å². The predicted octanol–water partition coefficient (Wildman–Crippen LogP) is 2.21. The first kappa shape index (κ1) is 9.55. The van der Waals surface area contributed by atoms with E-state index in [2.05, 4.69) is 37.5 Å². The number of hydrogen-bond acceptors (Lipinski definition) is 3. The van der Waals surface area contributed by atoms with Gasteiger partial charge in [0.2, 0.25) is 0 Å². The van der Waals surface area contributed by atoms with E-state index in [9.17, 15) is 0 Å². The van der Waals surface area contributed by atoms with Crippen LogP contribution in [0.2, 0.25) is 0 Å². The first-order valence-electron chi connectivity index (χ1n) is 4.07. The normalized spacial score (nSPS) is 11.7. The molecule has 2 nitrogen and oxygen atoms in total. The summed E-state index contributed by atoms with van der Waals surface area (Å²) in [6.45, 7) is 6.95. The standard InChI is InChI=1S/C9H16N2S/c1-7-4-5-12-8(7)11-9(2,3)6-10/h4-5,11H,6,10H2,1-3H3. The highest BCUT2D eigenvalue weighted by Gasteiger charge is 2.15. The topological polar surface area (TPSA) is 38.0 Å². The van der Waals surface area contributed by atoms with E-state index in [4.69, 9.17) is 5.73 Å². The van der Waals surface area contributed by atoms with Gasteiger partial charge in [-0.05, 0) is 37.8 Å². The summed E-state index contributed by atoms with van der Waals surface area (Å²) in [5.41, 5.74) is 6.90. The van der Waals surface area contributed by atoms with Crippen LogP contribution in [0.15, 0.2) is 11.4 Å². The minimum absolute atomic E-state index is 0.00435. The molecule has 68 valence electrons. The van der Waals surface area contributed by atoms with Gasteiger partial charge in [0.15, 0.2) is 0 Å². The third-order valence-electron chi connectivity index (χ3n) is 1.82. The molecule has 0 amide bonds. The molecule has 0 aromatic carbocycles. The van der Waals surface area contributed by atoms with Gasteiger partial charge in [0, 0.05) is 12.1 Å². The molecule has 0 atom stereocenters. The Morgan fingerprint density at radius 3 is 2.67 bits per heavy atom. The molecule has 0 saturated carbocycles. The molecule has 0 fully saturated rings. The third kappa shape index (κ3) is 2.22. The zero-order valence-electron chi connectivity index (χ0n) is 7.85. The summed E-state index contributed by atoms with van der Waals surface area (Å²) >= 11 is 1.73. The lowest BCUT2D eigenvalue weighted by Gasteiger charge is -2.25. The SMILES string of the molecule is Cc1ccsc1NC(C)(C)CN. The van der Waals surface area contributed by atoms with E-state index in [-0.39, 0.29) is 5.54 Å². The summed E-state index contributed by atoms with van der Waals surface area (Å²) in [4.78, 5) is 0. The van der Waals surface area contributed by atoms with Gasteiger partial charge >= 0.3 is 0 Å². The Hall–Kier alpha value is -0.540. The Morgan fingerprint density at radius 2 is 2.25 bits per heavy atom. The quantitative estimate of drug-likeness (QED) is 0.756. The summed E-state index contributed by atoms with van der Waals surface area (Å²) in [6.07, 6.45) is 0. The van der Waals surface area contributed by atoms with Crippen LogP contribution in [0.5, 0.6) is 0 Å². The molecule has 0 radical (unpaired) electrons. The molecule has 0 bridgehead atoms. The highest BCUT2D eigenvalue weighted by Crippen LogP contribution is 2.24. The van der Waals surface area contributed by atoms with Gasteiger partial charge in [0.25, 0.3) is 0 Å². The largest absolute Gasteiger partial charge is 0.371 e. The smallest absolute Gasteiger partial charge is 0.0916 e. The van der Waals surface area contributed by atoms with Crippen molar-refractivity contribution < 1.29 is 0 Å². The Labute approximate surface area is 77.8 Å². The van der Waals surface area contributed by atoms with Crippen molar-refractivity contribution in [3.8, 4) is 0 Å². The zero-order valence-corrected chi connectivity index (χ0v) is 8.66. The number of aryl methyl sites for hydroxylation is 1. The summed E-state index contributed by atoms with van der Waals surface area (Å²) in [5, 5.41) is 6.72. The molecular formula is C9H16N2S. The molecule has 0 aliphatic rings. The van der Waals surface area contributed by atoms with Crippen LogP contribution >= 0.6 is 11.3 Å². The first-order chi connectivity index (χ1) is 5.55. The second kappa shape index (κ2) is 3.46. The molecule has 3 N–H and O–H groups in total. The van der Waals surface area contributed by atoms with Crippen molar-refractivity contribution in [2.75, 3.05) is 11.9 Å². The van der Waals surface area contributed by atoms with Gasteiger partial charge in [-0.1, -0.05) is 0 Å². The van der Waals surface area contributed by atoms with Gasteiger partial charge in [0.05, 0.1) is 5.00 Å². The van der Waals surface area contributed by atoms with Gasteiger partial charge in [0.1, 0.15) is 0 Å². The highest BCUT2D eigenvalue weighted by atomic mass is 32.1. The number of nitrogens with two attached hydrogens (primary N) is 1. The van der Waals surface area contributed by atoms with Crippen molar-refractivity contribution in [1.82, 2.24) is 0 Å². The lowest BCUT2D eigenvalue weighted by Crippen LogP contribution is -2.38. The van der Waals surface area contributed by atoms with E-state index in [1.54, 1.807) is 11.3 Å². The summed E-state index contributed by atoms with van der Waals surface area (Å²) < 4.78 is 0. The van der Waals surface area contributed by atoms with Crippen molar-refractivity contribution in [3.05, 3.63) is 17.0 Å². The maximum atomic E-state index is 5.62. The predicted molar refractivity (Wildman–Crippen MR) is 55.8 cm³/mol. The van der Waals surface area contributed by atoms with E-state index in [1.807, 2.05) is 0 Å². The van der Waals surface area contributed by atoms with E-state index >= 15 is 0 Å². The number of hydrogen-bond donors (Lipinski definition) is 2. The van der Waals surface area contributed by atoms with Crippen LogP contribution in [0.25, 0.3) is 0 Å². The highest BCUT2D eigenvalue weighted by molar-refractivity contribution is 7.14. The maximum absolute atomic E-state index is 5.62. The molecule has 1 rings (SSSR count). The van der Waals surface area contributed by atoms with E-state index in [0.717, 1.165) is 0 Å². The van der Waals surface area contributed by atoms with Crippen molar-refractivity contribution in [2.45, 2.75) is 26.3 Å². The Balaban J connectivity index is 2.70. The van der Waals surface area contributed by atoms with E-state index < -0.39 is 0 Å². The van der Waals surface area contributed by atoms with Crippen LogP contribution in [-0.2, 0) is 0 Å². The molecule has 3 heteroatoms. The lowest BCUT2D eigenvalue weighted by atomic mass is 10.1.